The Kier molecular flexibility index (Phi) is 4.94. The molecule has 0 aromatic heterocycles. The largest absolute Gasteiger partial charge is 0.244 e. The van der Waals surface area contributed by atoms with Crippen LogP contribution in [-0.2, 0) is 10.0 Å². The van der Waals surface area contributed by atoms with Crippen LogP contribution < -0.4 is 0 Å². The molecule has 18 heavy (non-hydrogen) atoms. The maximum absolute atomic E-state index is 12.3. The van der Waals surface area contributed by atoms with Gasteiger partial charge in [0.25, 0.3) is 0 Å². The van der Waals surface area contributed by atoms with E-state index in [0.29, 0.717) is 0 Å². The van der Waals surface area contributed by atoms with Gasteiger partial charge in [-0.25, -0.2) is 8.42 Å². The van der Waals surface area contributed by atoms with Crippen LogP contribution in [0.1, 0.15) is 5.56 Å². The molecule has 0 aliphatic rings. The van der Waals surface area contributed by atoms with Crippen LogP contribution in [0.15, 0.2) is 47.5 Å². The Balaban J connectivity index is 3.12. The Labute approximate surface area is 108 Å². The van der Waals surface area contributed by atoms with Crippen molar-refractivity contribution in [1.82, 2.24) is 4.31 Å². The SMILES string of the molecule is C#CCN(CC=C=C)S(=O)(=O)c1ccc(C)cc1. The second-order valence-electron chi connectivity index (χ2n) is 3.72. The van der Waals surface area contributed by atoms with Gasteiger partial charge in [0.1, 0.15) is 0 Å². The molecule has 0 spiro atoms. The first-order valence-electron chi connectivity index (χ1n) is 5.37. The Hall–Kier alpha value is -1.79. The zero-order valence-corrected chi connectivity index (χ0v) is 11.1. The molecule has 0 bridgehead atoms. The second kappa shape index (κ2) is 6.23. The lowest BCUT2D eigenvalue weighted by Gasteiger charge is -2.17. The summed E-state index contributed by atoms with van der Waals surface area (Å²) in [5.74, 6) is 2.34. The van der Waals surface area contributed by atoms with Crippen molar-refractivity contribution in [2.45, 2.75) is 11.8 Å². The lowest BCUT2D eigenvalue weighted by Crippen LogP contribution is -2.31. The van der Waals surface area contributed by atoms with E-state index < -0.39 is 10.0 Å². The van der Waals surface area contributed by atoms with Crippen LogP contribution in [0.4, 0.5) is 0 Å². The molecule has 0 unspecified atom stereocenters. The lowest BCUT2D eigenvalue weighted by atomic mass is 10.2. The maximum Gasteiger partial charge on any atom is 0.244 e. The third-order valence-electron chi connectivity index (χ3n) is 2.37. The van der Waals surface area contributed by atoms with E-state index in [9.17, 15) is 8.42 Å². The van der Waals surface area contributed by atoms with Crippen LogP contribution >= 0.6 is 0 Å². The van der Waals surface area contributed by atoms with Gasteiger partial charge in [-0.15, -0.1) is 12.2 Å². The smallest absolute Gasteiger partial charge is 0.207 e. The summed E-state index contributed by atoms with van der Waals surface area (Å²) in [6, 6.07) is 6.66. The summed E-state index contributed by atoms with van der Waals surface area (Å²) in [5, 5.41) is 0. The number of aryl methyl sites for hydroxylation is 1. The van der Waals surface area contributed by atoms with Crippen LogP contribution in [0.5, 0.6) is 0 Å². The Morgan fingerprint density at radius 3 is 2.50 bits per heavy atom. The van der Waals surface area contributed by atoms with E-state index in [2.05, 4.69) is 18.2 Å². The standard InChI is InChI=1S/C14H15NO2S/c1-4-6-12-15(11-5-2)18(16,17)14-9-7-13(3)8-10-14/h2,6-10H,1,11-12H2,3H3. The van der Waals surface area contributed by atoms with Gasteiger partial charge in [0.15, 0.2) is 0 Å². The van der Waals surface area contributed by atoms with Gasteiger partial charge in [0, 0.05) is 6.54 Å². The van der Waals surface area contributed by atoms with Gasteiger partial charge >= 0.3 is 0 Å². The Morgan fingerprint density at radius 1 is 1.39 bits per heavy atom. The van der Waals surface area contributed by atoms with Crippen LogP contribution in [0.3, 0.4) is 0 Å². The molecule has 0 amide bonds. The summed E-state index contributed by atoms with van der Waals surface area (Å²) in [7, 11) is -3.56. The predicted octanol–water partition coefficient (Wildman–Crippen LogP) is 1.96. The zero-order valence-electron chi connectivity index (χ0n) is 10.3. The second-order valence-corrected chi connectivity index (χ2v) is 5.66. The number of terminal acetylenes is 1. The van der Waals surface area contributed by atoms with Crippen molar-refractivity contribution in [2.24, 2.45) is 0 Å². The number of hydrogen-bond acceptors (Lipinski definition) is 2. The molecular weight excluding hydrogens is 246 g/mol. The summed E-state index contributed by atoms with van der Waals surface area (Å²) < 4.78 is 25.8. The van der Waals surface area contributed by atoms with Crippen molar-refractivity contribution in [3.05, 3.63) is 48.2 Å². The number of nitrogens with zero attached hydrogens (tertiary/aromatic N) is 1. The highest BCUT2D eigenvalue weighted by atomic mass is 32.2. The minimum atomic E-state index is -3.56. The van der Waals surface area contributed by atoms with Crippen molar-refractivity contribution in [3.63, 3.8) is 0 Å². The zero-order chi connectivity index (χ0) is 13.6. The first-order valence-corrected chi connectivity index (χ1v) is 6.81. The van der Waals surface area contributed by atoms with Crippen LogP contribution in [0, 0.1) is 19.3 Å². The summed E-state index contributed by atoms with van der Waals surface area (Å²) in [6.07, 6.45) is 6.72. The molecule has 3 nitrogen and oxygen atoms in total. The molecule has 94 valence electrons. The maximum atomic E-state index is 12.3. The molecule has 0 aliphatic heterocycles. The third-order valence-corrected chi connectivity index (χ3v) is 4.19. The first kappa shape index (κ1) is 14.3. The van der Waals surface area contributed by atoms with Crippen LogP contribution in [-0.4, -0.2) is 25.8 Å². The monoisotopic (exact) mass is 261 g/mol. The van der Waals surface area contributed by atoms with Crippen molar-refractivity contribution < 1.29 is 8.42 Å². The highest BCUT2D eigenvalue weighted by Crippen LogP contribution is 2.15. The molecule has 0 heterocycles. The van der Waals surface area contributed by atoms with Gasteiger partial charge in [0.05, 0.1) is 11.4 Å². The Bertz CT molecular complexity index is 588. The third kappa shape index (κ3) is 3.35. The number of rotatable bonds is 5. The molecule has 1 rings (SSSR count). The minimum Gasteiger partial charge on any atom is -0.207 e. The molecule has 1 aromatic carbocycles. The van der Waals surface area contributed by atoms with E-state index >= 15 is 0 Å². The number of benzene rings is 1. The highest BCUT2D eigenvalue weighted by Gasteiger charge is 2.22. The van der Waals surface area contributed by atoms with E-state index in [1.807, 2.05) is 6.92 Å². The van der Waals surface area contributed by atoms with Crippen molar-refractivity contribution in [2.75, 3.05) is 13.1 Å². The molecular formula is C14H15NO2S. The molecule has 0 N–H and O–H groups in total. The van der Waals surface area contributed by atoms with Crippen molar-refractivity contribution >= 4 is 10.0 Å². The van der Waals surface area contributed by atoms with Crippen molar-refractivity contribution in [3.8, 4) is 12.3 Å². The van der Waals surface area contributed by atoms with Crippen LogP contribution in [0.25, 0.3) is 0 Å². The van der Waals surface area contributed by atoms with E-state index in [-0.39, 0.29) is 18.0 Å². The van der Waals surface area contributed by atoms with Gasteiger partial charge in [-0.2, -0.15) is 4.31 Å². The molecule has 0 radical (unpaired) electrons. The normalized spacial score (nSPS) is 10.7. The topological polar surface area (TPSA) is 37.4 Å². The molecule has 0 saturated heterocycles. The summed E-state index contributed by atoms with van der Waals surface area (Å²) >= 11 is 0. The summed E-state index contributed by atoms with van der Waals surface area (Å²) in [6.45, 7) is 5.50. The molecule has 0 saturated carbocycles. The van der Waals surface area contributed by atoms with Gasteiger partial charge in [-0.05, 0) is 25.1 Å². The predicted molar refractivity (Wildman–Crippen MR) is 72.5 cm³/mol. The number of sulfonamides is 1. The molecule has 0 aliphatic carbocycles. The van der Waals surface area contributed by atoms with E-state index in [1.165, 1.54) is 10.4 Å². The average Bonchev–Trinajstić information content (AvgIpc) is 2.35. The fourth-order valence-corrected chi connectivity index (χ4v) is 2.67. The van der Waals surface area contributed by atoms with Crippen LogP contribution in [0.2, 0.25) is 0 Å². The molecule has 0 fully saturated rings. The van der Waals surface area contributed by atoms with E-state index in [0.717, 1.165) is 5.56 Å². The first-order chi connectivity index (χ1) is 8.52. The number of hydrogen-bond donors (Lipinski definition) is 0. The van der Waals surface area contributed by atoms with Gasteiger partial charge in [-0.1, -0.05) is 30.2 Å². The van der Waals surface area contributed by atoms with Crippen molar-refractivity contribution in [1.29, 1.82) is 0 Å². The van der Waals surface area contributed by atoms with Gasteiger partial charge in [-0.3, -0.25) is 0 Å². The molecule has 4 heteroatoms. The van der Waals surface area contributed by atoms with Gasteiger partial charge in [0.2, 0.25) is 10.0 Å². The molecule has 1 aromatic rings. The highest BCUT2D eigenvalue weighted by molar-refractivity contribution is 7.89. The molecule has 0 atom stereocenters. The van der Waals surface area contributed by atoms with E-state index in [1.54, 1.807) is 24.3 Å². The average molecular weight is 261 g/mol. The summed E-state index contributed by atoms with van der Waals surface area (Å²) in [4.78, 5) is 0.237. The minimum absolute atomic E-state index is 0.0222. The fraction of sp³-hybridized carbons (Fsp3) is 0.214. The Morgan fingerprint density at radius 2 is 2.00 bits per heavy atom. The summed E-state index contributed by atoms with van der Waals surface area (Å²) in [5.41, 5.74) is 3.54. The quantitative estimate of drug-likeness (QED) is 0.600. The fourth-order valence-electron chi connectivity index (χ4n) is 1.38. The van der Waals surface area contributed by atoms with E-state index in [4.69, 9.17) is 6.42 Å². The lowest BCUT2D eigenvalue weighted by molar-refractivity contribution is 0.478. The van der Waals surface area contributed by atoms with Gasteiger partial charge < -0.3 is 0 Å².